The number of benzene rings is 1. The van der Waals surface area contributed by atoms with Crippen LogP contribution in [0.2, 0.25) is 0 Å². The molecule has 1 aliphatic rings. The molecule has 4 heteroatoms. The zero-order valence-electron chi connectivity index (χ0n) is 11.9. The summed E-state index contributed by atoms with van der Waals surface area (Å²) in [5.74, 6) is 0.606. The van der Waals surface area contributed by atoms with Crippen molar-refractivity contribution in [1.29, 1.82) is 0 Å². The molecule has 0 aliphatic carbocycles. The number of hydrogen-bond donors (Lipinski definition) is 1. The molecule has 2 N–H and O–H groups in total. The number of nitrogens with two attached hydrogens (primary N) is 1. The van der Waals surface area contributed by atoms with Gasteiger partial charge in [0.25, 0.3) is 0 Å². The highest BCUT2D eigenvalue weighted by molar-refractivity contribution is 5.81. The fourth-order valence-electron chi connectivity index (χ4n) is 3.26. The lowest BCUT2D eigenvalue weighted by Crippen LogP contribution is -2.41. The average molecular weight is 271 g/mol. The van der Waals surface area contributed by atoms with Crippen molar-refractivity contribution in [1.82, 2.24) is 9.47 Å². The van der Waals surface area contributed by atoms with Crippen molar-refractivity contribution < 1.29 is 4.79 Å². The topological polar surface area (TPSA) is 51.3 Å². The molecule has 1 aromatic heterocycles. The molecule has 3 rings (SSSR count). The van der Waals surface area contributed by atoms with E-state index in [-0.39, 0.29) is 12.5 Å². The van der Waals surface area contributed by atoms with E-state index in [0.29, 0.717) is 5.92 Å². The zero-order chi connectivity index (χ0) is 14.1. The van der Waals surface area contributed by atoms with Gasteiger partial charge in [-0.25, -0.2) is 0 Å². The minimum atomic E-state index is 0.0699. The van der Waals surface area contributed by atoms with Crippen LogP contribution in [-0.4, -0.2) is 35.0 Å². The Kier molecular flexibility index (Phi) is 3.49. The Bertz CT molecular complexity index is 624. The number of hydrogen-bond acceptors (Lipinski definition) is 2. The third kappa shape index (κ3) is 2.20. The molecule has 0 unspecified atom stereocenters. The predicted octanol–water partition coefficient (Wildman–Crippen LogP) is 1.84. The van der Waals surface area contributed by atoms with Gasteiger partial charge in [-0.2, -0.15) is 0 Å². The molecule has 0 spiro atoms. The largest absolute Gasteiger partial charge is 0.347 e. The van der Waals surface area contributed by atoms with Crippen LogP contribution in [0.1, 0.15) is 24.5 Å². The van der Waals surface area contributed by atoms with Crippen LogP contribution in [0, 0.1) is 0 Å². The second-order valence-corrected chi connectivity index (χ2v) is 5.55. The summed E-state index contributed by atoms with van der Waals surface area (Å²) in [6.45, 7) is 1.77. The number of amides is 1. The Morgan fingerprint density at radius 1 is 1.30 bits per heavy atom. The monoisotopic (exact) mass is 271 g/mol. The summed E-state index contributed by atoms with van der Waals surface area (Å²) in [5, 5.41) is 1.30. The number of aromatic nitrogens is 1. The molecule has 106 valence electrons. The first-order chi connectivity index (χ1) is 9.70. The Morgan fingerprint density at radius 2 is 2.00 bits per heavy atom. The van der Waals surface area contributed by atoms with Crippen molar-refractivity contribution in [2.45, 2.75) is 18.8 Å². The van der Waals surface area contributed by atoms with E-state index < -0.39 is 0 Å². The molecule has 4 nitrogen and oxygen atoms in total. The number of nitrogens with zero attached hydrogens (tertiary/aromatic N) is 2. The van der Waals surface area contributed by atoms with E-state index in [2.05, 4.69) is 41.9 Å². The number of carbonyl (C=O) groups is 1. The summed E-state index contributed by atoms with van der Waals surface area (Å²) >= 11 is 0. The van der Waals surface area contributed by atoms with Gasteiger partial charge in [-0.3, -0.25) is 4.79 Å². The molecule has 1 amide bonds. The number of para-hydroxylation sites is 1. The summed E-state index contributed by atoms with van der Waals surface area (Å²) < 4.78 is 2.29. The van der Waals surface area contributed by atoms with Gasteiger partial charge in [-0.1, -0.05) is 18.2 Å². The zero-order valence-corrected chi connectivity index (χ0v) is 11.9. The molecule has 2 aromatic rings. The number of aryl methyl sites for hydroxylation is 1. The van der Waals surface area contributed by atoms with Crippen molar-refractivity contribution >= 4 is 16.8 Å². The molecule has 0 atom stereocenters. The molecule has 0 radical (unpaired) electrons. The summed E-state index contributed by atoms with van der Waals surface area (Å²) in [6, 6.07) is 10.8. The highest BCUT2D eigenvalue weighted by Crippen LogP contribution is 2.31. The van der Waals surface area contributed by atoms with Gasteiger partial charge in [0.05, 0.1) is 6.54 Å². The SMILES string of the molecule is Cn1c(C2CCN(C(=O)CN)CC2)cc2ccccc21. The fourth-order valence-corrected chi connectivity index (χ4v) is 3.26. The number of piperidine rings is 1. The average Bonchev–Trinajstić information content (AvgIpc) is 2.84. The molecule has 0 saturated carbocycles. The first-order valence-corrected chi connectivity index (χ1v) is 7.23. The van der Waals surface area contributed by atoms with E-state index >= 15 is 0 Å². The summed E-state index contributed by atoms with van der Waals surface area (Å²) in [6.07, 6.45) is 2.05. The molecule has 1 fully saturated rings. The molecule has 1 aromatic carbocycles. The van der Waals surface area contributed by atoms with E-state index in [1.165, 1.54) is 16.6 Å². The maximum absolute atomic E-state index is 11.6. The van der Waals surface area contributed by atoms with E-state index in [9.17, 15) is 4.79 Å². The summed E-state index contributed by atoms with van der Waals surface area (Å²) in [4.78, 5) is 13.5. The quantitative estimate of drug-likeness (QED) is 0.906. The Balaban J connectivity index is 1.80. The first kappa shape index (κ1) is 13.2. The molecule has 0 bridgehead atoms. The molecule has 1 aliphatic heterocycles. The van der Waals surface area contributed by atoms with Gasteiger partial charge in [-0.05, 0) is 30.4 Å². The van der Waals surface area contributed by atoms with Gasteiger partial charge < -0.3 is 15.2 Å². The second kappa shape index (κ2) is 5.29. The second-order valence-electron chi connectivity index (χ2n) is 5.55. The van der Waals surface area contributed by atoms with Crippen LogP contribution in [0.25, 0.3) is 10.9 Å². The lowest BCUT2D eigenvalue weighted by Gasteiger charge is -2.32. The van der Waals surface area contributed by atoms with Crippen molar-refractivity contribution in [2.75, 3.05) is 19.6 Å². The van der Waals surface area contributed by atoms with Gasteiger partial charge >= 0.3 is 0 Å². The molecule has 1 saturated heterocycles. The smallest absolute Gasteiger partial charge is 0.236 e. The van der Waals surface area contributed by atoms with E-state index in [1.807, 2.05) is 4.90 Å². The Labute approximate surface area is 119 Å². The standard InChI is InChI=1S/C16H21N3O/c1-18-14-5-3-2-4-13(14)10-15(18)12-6-8-19(9-7-12)16(20)11-17/h2-5,10,12H,6-9,11,17H2,1H3. The Hall–Kier alpha value is -1.81. The van der Waals surface area contributed by atoms with Gasteiger partial charge in [0.1, 0.15) is 0 Å². The van der Waals surface area contributed by atoms with Crippen molar-refractivity contribution in [3.63, 3.8) is 0 Å². The van der Waals surface area contributed by atoms with Crippen LogP contribution in [0.4, 0.5) is 0 Å². The number of likely N-dealkylation sites (tertiary alicyclic amines) is 1. The number of carbonyl (C=O) groups excluding carboxylic acids is 1. The predicted molar refractivity (Wildman–Crippen MR) is 80.5 cm³/mol. The van der Waals surface area contributed by atoms with Crippen molar-refractivity contribution in [3.05, 3.63) is 36.0 Å². The normalized spacial score (nSPS) is 16.8. The van der Waals surface area contributed by atoms with Crippen LogP contribution < -0.4 is 5.73 Å². The lowest BCUT2D eigenvalue weighted by molar-refractivity contribution is -0.130. The van der Waals surface area contributed by atoms with Gasteiger partial charge in [-0.15, -0.1) is 0 Å². The fraction of sp³-hybridized carbons (Fsp3) is 0.438. The molecule has 2 heterocycles. The minimum Gasteiger partial charge on any atom is -0.347 e. The molecular formula is C16H21N3O. The van der Waals surface area contributed by atoms with Crippen LogP contribution in [-0.2, 0) is 11.8 Å². The third-order valence-electron chi connectivity index (χ3n) is 4.43. The molecule has 20 heavy (non-hydrogen) atoms. The van der Waals surface area contributed by atoms with E-state index in [1.54, 1.807) is 0 Å². The summed E-state index contributed by atoms with van der Waals surface area (Å²) in [7, 11) is 2.13. The van der Waals surface area contributed by atoms with Crippen LogP contribution in [0.5, 0.6) is 0 Å². The van der Waals surface area contributed by atoms with E-state index in [4.69, 9.17) is 5.73 Å². The number of rotatable bonds is 2. The minimum absolute atomic E-state index is 0.0699. The van der Waals surface area contributed by atoms with Crippen LogP contribution >= 0.6 is 0 Å². The van der Waals surface area contributed by atoms with Crippen molar-refractivity contribution in [3.8, 4) is 0 Å². The van der Waals surface area contributed by atoms with Crippen molar-refractivity contribution in [2.24, 2.45) is 12.8 Å². The lowest BCUT2D eigenvalue weighted by atomic mass is 9.93. The maximum atomic E-state index is 11.6. The third-order valence-corrected chi connectivity index (χ3v) is 4.43. The van der Waals surface area contributed by atoms with Crippen LogP contribution in [0.15, 0.2) is 30.3 Å². The highest BCUT2D eigenvalue weighted by Gasteiger charge is 2.25. The van der Waals surface area contributed by atoms with Gasteiger partial charge in [0.2, 0.25) is 5.91 Å². The molecular weight excluding hydrogens is 250 g/mol. The van der Waals surface area contributed by atoms with Gasteiger partial charge in [0.15, 0.2) is 0 Å². The highest BCUT2D eigenvalue weighted by atomic mass is 16.2. The first-order valence-electron chi connectivity index (χ1n) is 7.23. The Morgan fingerprint density at radius 3 is 2.65 bits per heavy atom. The number of fused-ring (bicyclic) bond motifs is 1. The van der Waals surface area contributed by atoms with Gasteiger partial charge in [0, 0.05) is 37.3 Å². The summed E-state index contributed by atoms with van der Waals surface area (Å²) in [5.41, 5.74) is 8.09. The van der Waals surface area contributed by atoms with E-state index in [0.717, 1.165) is 25.9 Å². The maximum Gasteiger partial charge on any atom is 0.236 e. The van der Waals surface area contributed by atoms with Crippen LogP contribution in [0.3, 0.4) is 0 Å².